The quantitative estimate of drug-likeness (QED) is 0.155. The van der Waals surface area contributed by atoms with E-state index in [4.69, 9.17) is 0 Å². The van der Waals surface area contributed by atoms with Crippen molar-refractivity contribution in [2.75, 3.05) is 72.5 Å². The minimum atomic E-state index is 0.233. The third-order valence-corrected chi connectivity index (χ3v) is 15.7. The van der Waals surface area contributed by atoms with Gasteiger partial charge < -0.3 is 39.2 Å². The molecule has 0 amide bonds. The molecule has 76 heavy (non-hydrogen) atoms. The van der Waals surface area contributed by atoms with Crippen molar-refractivity contribution in [2.24, 2.45) is 0 Å². The van der Waals surface area contributed by atoms with Crippen LogP contribution in [0.2, 0.25) is 0 Å². The van der Waals surface area contributed by atoms with Crippen molar-refractivity contribution in [1.82, 2.24) is 19.6 Å². The molecule has 4 aromatic carbocycles. The van der Waals surface area contributed by atoms with Crippen LogP contribution >= 0.6 is 0 Å². The van der Waals surface area contributed by atoms with E-state index in [1.54, 1.807) is 0 Å². The molecule has 0 radical (unpaired) electrons. The summed E-state index contributed by atoms with van der Waals surface area (Å²) in [4.78, 5) is 19.7. The molecular formula is C68H108N8. The van der Waals surface area contributed by atoms with Crippen molar-refractivity contribution in [2.45, 2.75) is 213 Å². The summed E-state index contributed by atoms with van der Waals surface area (Å²) in [6.45, 7) is 62.6. The number of hydrogen-bond donors (Lipinski definition) is 0. The molecule has 8 nitrogen and oxygen atoms in total. The van der Waals surface area contributed by atoms with E-state index in [0.29, 0.717) is 35.8 Å². The van der Waals surface area contributed by atoms with Gasteiger partial charge in [-0.05, 0) is 179 Å². The van der Waals surface area contributed by atoms with Crippen LogP contribution in [0.3, 0.4) is 0 Å². The van der Waals surface area contributed by atoms with E-state index in [1.165, 1.54) is 78.4 Å². The van der Waals surface area contributed by atoms with Gasteiger partial charge in [0, 0.05) is 96.9 Å². The Morgan fingerprint density at radius 3 is 0.816 bits per heavy atom. The summed E-state index contributed by atoms with van der Waals surface area (Å²) < 4.78 is 0. The lowest BCUT2D eigenvalue weighted by atomic mass is 9.92. The van der Waals surface area contributed by atoms with Gasteiger partial charge in [0.2, 0.25) is 0 Å². The van der Waals surface area contributed by atoms with Gasteiger partial charge in [0.1, 0.15) is 0 Å². The molecule has 2 saturated heterocycles. The molecule has 2 fully saturated rings. The van der Waals surface area contributed by atoms with Crippen LogP contribution in [-0.2, 0) is 0 Å². The highest BCUT2D eigenvalue weighted by Gasteiger charge is 2.31. The summed E-state index contributed by atoms with van der Waals surface area (Å²) in [5.41, 5.74) is 20.5. The van der Waals surface area contributed by atoms with E-state index in [2.05, 4.69) is 291 Å². The Balaban J connectivity index is 0.000000201. The maximum absolute atomic E-state index is 2.63. The fourth-order valence-electron chi connectivity index (χ4n) is 11.4. The van der Waals surface area contributed by atoms with Gasteiger partial charge in [-0.25, -0.2) is 0 Å². The summed E-state index contributed by atoms with van der Waals surface area (Å²) in [5, 5.41) is 0. The monoisotopic (exact) mass is 1040 g/mol. The molecule has 0 aliphatic carbocycles. The van der Waals surface area contributed by atoms with Gasteiger partial charge in [0.15, 0.2) is 0 Å². The summed E-state index contributed by atoms with van der Waals surface area (Å²) >= 11 is 0. The molecular weight excluding hydrogens is 929 g/mol. The Hall–Kier alpha value is -5.24. The minimum Gasteiger partial charge on any atom is -0.356 e. The first-order chi connectivity index (χ1) is 35.4. The molecule has 0 N–H and O–H groups in total. The fraction of sp³-hybridized carbons (Fsp3) is 0.588. The van der Waals surface area contributed by atoms with Crippen LogP contribution in [0.1, 0.15) is 204 Å². The Bertz CT molecular complexity index is 2300. The number of para-hydroxylation sites is 2. The lowest BCUT2D eigenvalue weighted by Crippen LogP contribution is -2.44. The predicted molar refractivity (Wildman–Crippen MR) is 335 cm³/mol. The van der Waals surface area contributed by atoms with Crippen LogP contribution in [0.5, 0.6) is 0 Å². The highest BCUT2D eigenvalue weighted by Crippen LogP contribution is 2.41. The second-order valence-electron chi connectivity index (χ2n) is 26.4. The molecule has 0 bridgehead atoms. The van der Waals surface area contributed by atoms with Gasteiger partial charge in [0.05, 0.1) is 26.7 Å². The second kappa shape index (κ2) is 25.9. The summed E-state index contributed by atoms with van der Waals surface area (Å²) in [6.07, 6.45) is 8.71. The summed E-state index contributed by atoms with van der Waals surface area (Å²) in [6, 6.07) is 24.2. The lowest BCUT2D eigenvalue weighted by Gasteiger charge is -2.38. The zero-order valence-corrected chi connectivity index (χ0v) is 52.8. The zero-order chi connectivity index (χ0) is 56.7. The largest absolute Gasteiger partial charge is 0.356 e. The highest BCUT2D eigenvalue weighted by molar-refractivity contribution is 5.69. The highest BCUT2D eigenvalue weighted by atomic mass is 15.4. The van der Waals surface area contributed by atoms with Gasteiger partial charge in [-0.3, -0.25) is 0 Å². The Labute approximate surface area is 466 Å². The van der Waals surface area contributed by atoms with E-state index >= 15 is 0 Å². The topological polar surface area (TPSA) is 25.9 Å². The van der Waals surface area contributed by atoms with Gasteiger partial charge >= 0.3 is 0 Å². The average molecular weight is 1040 g/mol. The molecule has 4 aromatic rings. The Morgan fingerprint density at radius 2 is 0.605 bits per heavy atom. The molecule has 0 atom stereocenters. The SMILES string of the molecule is CC(C)(C)N1C=CN(C(C)(C)C)C1.CC(C)N1C=CN(C(C)C)C1.CC(C)c1cccc(C(C)C)c1N1CCN(c2c(C(C)C)cccc2C(C)C)C1.Cc1cc(C)c(N2CCN(c3c(C)cc(C)cc3C)C2)c(C)c1. The van der Waals surface area contributed by atoms with Gasteiger partial charge in [0.25, 0.3) is 0 Å². The van der Waals surface area contributed by atoms with E-state index in [-0.39, 0.29) is 11.1 Å². The summed E-state index contributed by atoms with van der Waals surface area (Å²) in [7, 11) is 0. The molecule has 4 aliphatic heterocycles. The van der Waals surface area contributed by atoms with Crippen LogP contribution < -0.4 is 19.6 Å². The van der Waals surface area contributed by atoms with E-state index in [9.17, 15) is 0 Å². The second-order valence-corrected chi connectivity index (χ2v) is 26.4. The average Bonchev–Trinajstić information content (AvgIpc) is 4.16. The van der Waals surface area contributed by atoms with Crippen LogP contribution in [-0.4, -0.2) is 95.6 Å². The standard InChI is InChI=1S/C27H40N2.C21H28N2.C11H22N2.C9H18N2/c1-18(2)22-11-9-12-23(19(3)4)26(22)28-15-16-29(17-28)27-24(20(5)6)13-10-14-25(27)21(7)8;1-14-9-16(3)20(17(4)10-14)22-7-8-23(13-22)21-18(5)11-15(2)12-19(21)6;1-10(2,3)12-7-8-13(9-12)11(4,5)6;1-8(2)10-5-6-11(7-10)9(3)4/h9-14,18-21H,15-17H2,1-8H3;9-12H,7-8,13H2,1-6H3;7-8H,9H2,1-6H3;5-6,8-9H,7H2,1-4H3. The number of benzene rings is 4. The molecule has 4 aliphatic rings. The minimum absolute atomic E-state index is 0.233. The van der Waals surface area contributed by atoms with Crippen LogP contribution in [0.15, 0.2) is 85.5 Å². The van der Waals surface area contributed by atoms with Crippen LogP contribution in [0.4, 0.5) is 22.7 Å². The van der Waals surface area contributed by atoms with Crippen molar-refractivity contribution in [1.29, 1.82) is 0 Å². The number of hydrogen-bond acceptors (Lipinski definition) is 8. The van der Waals surface area contributed by atoms with Gasteiger partial charge in [-0.2, -0.15) is 0 Å². The van der Waals surface area contributed by atoms with Crippen molar-refractivity contribution in [3.8, 4) is 0 Å². The predicted octanol–water partition coefficient (Wildman–Crippen LogP) is 16.8. The normalized spacial score (nSPS) is 15.9. The zero-order valence-electron chi connectivity index (χ0n) is 52.8. The van der Waals surface area contributed by atoms with Gasteiger partial charge in [-0.15, -0.1) is 0 Å². The maximum Gasteiger partial charge on any atom is 0.0904 e. The Morgan fingerprint density at radius 1 is 0.342 bits per heavy atom. The lowest BCUT2D eigenvalue weighted by molar-refractivity contribution is 0.110. The van der Waals surface area contributed by atoms with Crippen LogP contribution in [0.25, 0.3) is 0 Å². The molecule has 420 valence electrons. The number of aryl methyl sites for hydroxylation is 6. The van der Waals surface area contributed by atoms with Crippen molar-refractivity contribution in [3.05, 3.63) is 141 Å². The fourth-order valence-corrected chi connectivity index (χ4v) is 11.4. The molecule has 8 heteroatoms. The Kier molecular flexibility index (Phi) is 21.0. The van der Waals surface area contributed by atoms with E-state index in [0.717, 1.165) is 52.9 Å². The van der Waals surface area contributed by atoms with Crippen molar-refractivity contribution in [3.63, 3.8) is 0 Å². The van der Waals surface area contributed by atoms with Crippen molar-refractivity contribution >= 4 is 22.7 Å². The first-order valence-corrected chi connectivity index (χ1v) is 29.2. The number of rotatable bonds is 10. The third kappa shape index (κ3) is 15.5. The first-order valence-electron chi connectivity index (χ1n) is 29.2. The van der Waals surface area contributed by atoms with Gasteiger partial charge in [-0.1, -0.05) is 127 Å². The smallest absolute Gasteiger partial charge is 0.0904 e. The van der Waals surface area contributed by atoms with E-state index < -0.39 is 0 Å². The van der Waals surface area contributed by atoms with Crippen molar-refractivity contribution < 1.29 is 0 Å². The number of anilines is 4. The molecule has 8 rings (SSSR count). The molecule has 4 heterocycles. The van der Waals surface area contributed by atoms with Crippen LogP contribution in [0, 0.1) is 41.5 Å². The maximum atomic E-state index is 2.63. The first kappa shape index (κ1) is 61.6. The van der Waals surface area contributed by atoms with E-state index in [1.807, 2.05) is 0 Å². The summed E-state index contributed by atoms with van der Waals surface area (Å²) in [5.74, 6) is 2.14. The molecule has 0 spiro atoms. The third-order valence-electron chi connectivity index (χ3n) is 15.7. The molecule has 0 saturated carbocycles. The molecule has 0 unspecified atom stereocenters. The molecule has 0 aromatic heterocycles. The number of nitrogens with zero attached hydrogens (tertiary/aromatic N) is 8.